The number of nitrogens with one attached hydrogen (secondary N) is 2. The maximum atomic E-state index is 9.58. The number of hydrogen-bond donors (Lipinski definition) is 3. The van der Waals surface area contributed by atoms with Gasteiger partial charge in [0, 0.05) is 32.7 Å². The highest BCUT2D eigenvalue weighted by Crippen LogP contribution is 2.22. The Hall–Kier alpha value is -1.59. The molecule has 0 aromatic heterocycles. The van der Waals surface area contributed by atoms with E-state index in [1.807, 2.05) is 0 Å². The molecule has 1 aromatic rings. The zero-order valence-electron chi connectivity index (χ0n) is 18.3. The van der Waals surface area contributed by atoms with Gasteiger partial charge in [0.25, 0.3) is 0 Å². The number of aliphatic hydroxyl groups is 1. The van der Waals surface area contributed by atoms with Crippen LogP contribution in [0.25, 0.3) is 0 Å². The van der Waals surface area contributed by atoms with Gasteiger partial charge >= 0.3 is 0 Å². The Morgan fingerprint density at radius 2 is 1.82 bits per heavy atom. The molecule has 1 fully saturated rings. The minimum atomic E-state index is -0.0940. The van der Waals surface area contributed by atoms with E-state index in [-0.39, 0.29) is 11.5 Å². The van der Waals surface area contributed by atoms with Crippen LogP contribution in [0.2, 0.25) is 0 Å². The second kappa shape index (κ2) is 11.4. The number of piperidine rings is 1. The lowest BCUT2D eigenvalue weighted by Gasteiger charge is -2.29. The second-order valence-electron chi connectivity index (χ2n) is 8.81. The molecule has 0 radical (unpaired) electrons. The maximum Gasteiger partial charge on any atom is 0.191 e. The highest BCUT2D eigenvalue weighted by molar-refractivity contribution is 5.79. The molecular formula is C23H40N4O. The van der Waals surface area contributed by atoms with Crippen LogP contribution in [-0.2, 0) is 11.8 Å². The zero-order valence-corrected chi connectivity index (χ0v) is 18.3. The van der Waals surface area contributed by atoms with Crippen LogP contribution in [0.1, 0.15) is 58.1 Å². The number of hydrogen-bond acceptors (Lipinski definition) is 3. The first-order chi connectivity index (χ1) is 13.4. The smallest absolute Gasteiger partial charge is 0.191 e. The molecule has 1 aliphatic heterocycles. The Kier molecular flexibility index (Phi) is 9.26. The summed E-state index contributed by atoms with van der Waals surface area (Å²) in [6, 6.07) is 8.96. The van der Waals surface area contributed by atoms with Gasteiger partial charge in [-0.2, -0.15) is 0 Å². The van der Waals surface area contributed by atoms with E-state index in [0.29, 0.717) is 0 Å². The molecule has 1 aliphatic rings. The summed E-state index contributed by atoms with van der Waals surface area (Å²) in [5.74, 6) is 0.905. The average Bonchev–Trinajstić information content (AvgIpc) is 2.66. The van der Waals surface area contributed by atoms with E-state index in [2.05, 4.69) is 67.5 Å². The van der Waals surface area contributed by atoms with Crippen LogP contribution in [0.15, 0.2) is 29.3 Å². The van der Waals surface area contributed by atoms with Gasteiger partial charge in [0.05, 0.1) is 6.10 Å². The maximum absolute atomic E-state index is 9.58. The van der Waals surface area contributed by atoms with Crippen LogP contribution >= 0.6 is 0 Å². The van der Waals surface area contributed by atoms with Crippen molar-refractivity contribution in [2.75, 3.05) is 39.3 Å². The Bertz CT molecular complexity index is 584. The predicted octanol–water partition coefficient (Wildman–Crippen LogP) is 2.93. The molecule has 0 amide bonds. The van der Waals surface area contributed by atoms with Crippen molar-refractivity contribution in [3.63, 3.8) is 0 Å². The molecule has 5 heteroatoms. The van der Waals surface area contributed by atoms with Crippen molar-refractivity contribution in [2.24, 2.45) is 4.99 Å². The molecule has 1 saturated heterocycles. The van der Waals surface area contributed by atoms with E-state index in [9.17, 15) is 5.11 Å². The van der Waals surface area contributed by atoms with Crippen molar-refractivity contribution >= 4 is 5.96 Å². The normalized spacial score (nSPS) is 17.0. The summed E-state index contributed by atoms with van der Waals surface area (Å²) >= 11 is 0. The second-order valence-corrected chi connectivity index (χ2v) is 8.81. The topological polar surface area (TPSA) is 59.9 Å². The van der Waals surface area contributed by atoms with E-state index >= 15 is 0 Å². The highest BCUT2D eigenvalue weighted by atomic mass is 16.3. The van der Waals surface area contributed by atoms with Crippen LogP contribution in [0, 0.1) is 0 Å². The Balaban J connectivity index is 1.70. The lowest BCUT2D eigenvalue weighted by atomic mass is 9.86. The van der Waals surface area contributed by atoms with Gasteiger partial charge in [0.2, 0.25) is 0 Å². The molecule has 0 bridgehead atoms. The fourth-order valence-electron chi connectivity index (χ4n) is 3.47. The van der Waals surface area contributed by atoms with Gasteiger partial charge in [-0.3, -0.25) is 4.99 Å². The standard InChI is InChI=1S/C23H40N4O/c1-5-24-22(25-14-6-16-27-17-12-21(28)13-18-27)26-15-11-19-7-9-20(10-8-19)23(2,3)4/h7-10,21,28H,5-6,11-18H2,1-4H3,(H2,24,25,26). The molecule has 0 atom stereocenters. The fourth-order valence-corrected chi connectivity index (χ4v) is 3.47. The molecule has 2 rings (SSSR count). The Morgan fingerprint density at radius 1 is 1.14 bits per heavy atom. The van der Waals surface area contributed by atoms with E-state index < -0.39 is 0 Å². The first-order valence-corrected chi connectivity index (χ1v) is 10.9. The highest BCUT2D eigenvalue weighted by Gasteiger charge is 2.16. The van der Waals surface area contributed by atoms with Crippen molar-refractivity contribution in [3.8, 4) is 0 Å². The summed E-state index contributed by atoms with van der Waals surface area (Å²) in [6.07, 6.45) is 3.77. The number of benzene rings is 1. The molecular weight excluding hydrogens is 348 g/mol. The van der Waals surface area contributed by atoms with Gasteiger partial charge in [-0.05, 0) is 55.7 Å². The molecule has 28 heavy (non-hydrogen) atoms. The van der Waals surface area contributed by atoms with Crippen molar-refractivity contribution in [3.05, 3.63) is 35.4 Å². The Labute approximate surface area is 171 Å². The third kappa shape index (κ3) is 8.19. The summed E-state index contributed by atoms with van der Waals surface area (Å²) in [5, 5.41) is 16.4. The van der Waals surface area contributed by atoms with Gasteiger partial charge in [0.1, 0.15) is 0 Å². The molecule has 0 saturated carbocycles. The van der Waals surface area contributed by atoms with Crippen molar-refractivity contribution in [1.82, 2.24) is 15.5 Å². The van der Waals surface area contributed by atoms with Crippen LogP contribution in [-0.4, -0.2) is 61.3 Å². The third-order valence-corrected chi connectivity index (χ3v) is 5.33. The SMILES string of the molecule is CCNC(=NCCCN1CCC(O)CC1)NCCc1ccc(C(C)(C)C)cc1. The summed E-state index contributed by atoms with van der Waals surface area (Å²) in [5.41, 5.74) is 2.93. The van der Waals surface area contributed by atoms with Gasteiger partial charge < -0.3 is 20.6 Å². The zero-order chi connectivity index (χ0) is 20.4. The molecule has 3 N–H and O–H groups in total. The lowest BCUT2D eigenvalue weighted by Crippen LogP contribution is -2.39. The number of nitrogens with zero attached hydrogens (tertiary/aromatic N) is 2. The first-order valence-electron chi connectivity index (χ1n) is 10.9. The molecule has 5 nitrogen and oxygen atoms in total. The summed E-state index contributed by atoms with van der Waals surface area (Å²) in [6.45, 7) is 14.5. The van der Waals surface area contributed by atoms with Crippen LogP contribution in [0.3, 0.4) is 0 Å². The monoisotopic (exact) mass is 388 g/mol. The van der Waals surface area contributed by atoms with E-state index in [4.69, 9.17) is 4.99 Å². The summed E-state index contributed by atoms with van der Waals surface area (Å²) in [7, 11) is 0. The van der Waals surface area contributed by atoms with Crippen molar-refractivity contribution < 1.29 is 5.11 Å². The number of aliphatic imine (C=N–C) groups is 1. The van der Waals surface area contributed by atoms with Crippen LogP contribution < -0.4 is 10.6 Å². The quantitative estimate of drug-likeness (QED) is 0.364. The number of rotatable bonds is 8. The molecule has 0 aliphatic carbocycles. The summed E-state index contributed by atoms with van der Waals surface area (Å²) in [4.78, 5) is 7.14. The summed E-state index contributed by atoms with van der Waals surface area (Å²) < 4.78 is 0. The fraction of sp³-hybridized carbons (Fsp3) is 0.696. The lowest BCUT2D eigenvalue weighted by molar-refractivity contribution is 0.0824. The minimum Gasteiger partial charge on any atom is -0.393 e. The molecule has 1 aromatic carbocycles. The molecule has 158 valence electrons. The van der Waals surface area contributed by atoms with Gasteiger partial charge in [-0.15, -0.1) is 0 Å². The Morgan fingerprint density at radius 3 is 2.43 bits per heavy atom. The largest absolute Gasteiger partial charge is 0.393 e. The van der Waals surface area contributed by atoms with E-state index in [0.717, 1.165) is 70.9 Å². The number of likely N-dealkylation sites (tertiary alicyclic amines) is 1. The van der Waals surface area contributed by atoms with E-state index in [1.54, 1.807) is 0 Å². The van der Waals surface area contributed by atoms with Crippen LogP contribution in [0.5, 0.6) is 0 Å². The molecule has 0 unspecified atom stereocenters. The van der Waals surface area contributed by atoms with Gasteiger partial charge in [-0.25, -0.2) is 0 Å². The van der Waals surface area contributed by atoms with Gasteiger partial charge in [0.15, 0.2) is 5.96 Å². The minimum absolute atomic E-state index is 0.0940. The number of aliphatic hydroxyl groups excluding tert-OH is 1. The predicted molar refractivity (Wildman–Crippen MR) is 119 cm³/mol. The first kappa shape index (κ1) is 22.7. The average molecular weight is 389 g/mol. The molecule has 0 spiro atoms. The van der Waals surface area contributed by atoms with Crippen LogP contribution in [0.4, 0.5) is 0 Å². The molecule has 1 heterocycles. The third-order valence-electron chi connectivity index (χ3n) is 5.33. The van der Waals surface area contributed by atoms with Crippen molar-refractivity contribution in [1.29, 1.82) is 0 Å². The number of guanidine groups is 1. The van der Waals surface area contributed by atoms with Crippen molar-refractivity contribution in [2.45, 2.75) is 64.9 Å². The van der Waals surface area contributed by atoms with Gasteiger partial charge in [-0.1, -0.05) is 45.0 Å². The van der Waals surface area contributed by atoms with E-state index in [1.165, 1.54) is 11.1 Å².